The molecule has 1 amide bonds. The van der Waals surface area contributed by atoms with Crippen molar-refractivity contribution in [2.45, 2.75) is 43.2 Å². The summed E-state index contributed by atoms with van der Waals surface area (Å²) < 4.78 is 13.5. The molecule has 0 unspecified atom stereocenters. The zero-order chi connectivity index (χ0) is 16.4. The number of carbonyl (C=O) groups excluding carboxylic acids is 3. The fraction of sp³-hybridized carbons (Fsp3) is 0.769. The number of hydrogen-bond donors (Lipinski definition) is 0. The Morgan fingerprint density at radius 1 is 1.19 bits per heavy atom. The second kappa shape index (κ2) is 6.21. The van der Waals surface area contributed by atoms with E-state index in [1.807, 2.05) is 0 Å². The summed E-state index contributed by atoms with van der Waals surface area (Å²) in [6, 6.07) is -0.900. The molecule has 0 radical (unpaired) electrons. The second-order valence-corrected chi connectivity index (χ2v) is 7.33. The van der Waals surface area contributed by atoms with Crippen molar-refractivity contribution in [3.63, 3.8) is 0 Å². The van der Waals surface area contributed by atoms with Crippen LogP contribution in [0.5, 0.6) is 0 Å². The van der Waals surface area contributed by atoms with Crippen molar-refractivity contribution in [3.05, 3.63) is 0 Å². The van der Waals surface area contributed by atoms with E-state index in [0.29, 0.717) is 0 Å². The van der Waals surface area contributed by atoms with Crippen molar-refractivity contribution in [1.82, 2.24) is 4.90 Å². The number of halogens is 1. The number of carbonyl (C=O) groups is 3. The summed E-state index contributed by atoms with van der Waals surface area (Å²) >= 11 is 3.27. The Kier molecular flexibility index (Phi) is 5.25. The van der Waals surface area contributed by atoms with Crippen LogP contribution in [-0.4, -0.2) is 59.7 Å². The monoisotopic (exact) mass is 365 g/mol. The van der Waals surface area contributed by atoms with Crippen LogP contribution in [-0.2, 0) is 23.8 Å². The van der Waals surface area contributed by atoms with Gasteiger partial charge in [0.1, 0.15) is 16.0 Å². The molecule has 2 atom stereocenters. The van der Waals surface area contributed by atoms with E-state index in [-0.39, 0.29) is 13.0 Å². The summed E-state index contributed by atoms with van der Waals surface area (Å²) in [6.07, 6.45) is -0.617. The maximum absolute atomic E-state index is 12.2. The molecular formula is C13H20BrNO6. The molecule has 8 heteroatoms. The average molecular weight is 366 g/mol. The SMILES string of the molecule is COC(=O)[C@@H]1C[C@](Br)(C(=O)OC)CN1C(=O)OC(C)(C)C. The Labute approximate surface area is 132 Å². The summed E-state index contributed by atoms with van der Waals surface area (Å²) in [4.78, 5) is 37.1. The first-order chi connectivity index (χ1) is 9.54. The van der Waals surface area contributed by atoms with E-state index in [1.165, 1.54) is 19.1 Å². The van der Waals surface area contributed by atoms with Crippen LogP contribution in [0, 0.1) is 0 Å². The number of hydrogen-bond acceptors (Lipinski definition) is 6. The van der Waals surface area contributed by atoms with Crippen molar-refractivity contribution in [1.29, 1.82) is 0 Å². The number of likely N-dealkylation sites (tertiary alicyclic amines) is 1. The standard InChI is InChI=1S/C13H20BrNO6/c1-12(2,3)21-11(18)15-7-13(14,10(17)20-5)6-8(15)9(16)19-4/h8H,6-7H2,1-5H3/t8-,13+/m0/s1. The van der Waals surface area contributed by atoms with Gasteiger partial charge in [0.15, 0.2) is 0 Å². The zero-order valence-electron chi connectivity index (χ0n) is 12.8. The van der Waals surface area contributed by atoms with Gasteiger partial charge in [-0.15, -0.1) is 0 Å². The van der Waals surface area contributed by atoms with Crippen LogP contribution in [0.3, 0.4) is 0 Å². The van der Waals surface area contributed by atoms with E-state index in [4.69, 9.17) is 14.2 Å². The lowest BCUT2D eigenvalue weighted by Gasteiger charge is -2.27. The van der Waals surface area contributed by atoms with E-state index in [0.717, 1.165) is 0 Å². The number of nitrogens with zero attached hydrogens (tertiary/aromatic N) is 1. The minimum atomic E-state index is -1.14. The predicted molar refractivity (Wildman–Crippen MR) is 77.0 cm³/mol. The second-order valence-electron chi connectivity index (χ2n) is 5.81. The van der Waals surface area contributed by atoms with Gasteiger partial charge in [0.25, 0.3) is 0 Å². The fourth-order valence-electron chi connectivity index (χ4n) is 2.05. The minimum Gasteiger partial charge on any atom is -0.468 e. The molecule has 0 N–H and O–H groups in total. The fourth-order valence-corrected chi connectivity index (χ4v) is 2.79. The van der Waals surface area contributed by atoms with Crippen molar-refractivity contribution < 1.29 is 28.6 Å². The normalized spacial score (nSPS) is 25.4. The van der Waals surface area contributed by atoms with Gasteiger partial charge in [-0.3, -0.25) is 9.69 Å². The lowest BCUT2D eigenvalue weighted by molar-refractivity contribution is -0.145. The molecule has 0 aromatic heterocycles. The number of alkyl halides is 1. The molecule has 1 heterocycles. The number of methoxy groups -OCH3 is 2. The van der Waals surface area contributed by atoms with E-state index in [1.54, 1.807) is 20.8 Å². The van der Waals surface area contributed by atoms with E-state index < -0.39 is 34.0 Å². The van der Waals surface area contributed by atoms with Crippen molar-refractivity contribution in [3.8, 4) is 0 Å². The van der Waals surface area contributed by atoms with E-state index in [2.05, 4.69) is 15.9 Å². The van der Waals surface area contributed by atoms with E-state index >= 15 is 0 Å². The Balaban J connectivity index is 3.01. The molecule has 0 aromatic carbocycles. The molecule has 0 spiro atoms. The maximum Gasteiger partial charge on any atom is 0.411 e. The van der Waals surface area contributed by atoms with Crippen LogP contribution in [0.1, 0.15) is 27.2 Å². The van der Waals surface area contributed by atoms with Gasteiger partial charge in [-0.05, 0) is 20.8 Å². The summed E-state index contributed by atoms with van der Waals surface area (Å²) in [5.74, 6) is -1.16. The first-order valence-electron chi connectivity index (χ1n) is 6.39. The molecule has 120 valence electrons. The molecule has 1 aliphatic rings. The van der Waals surface area contributed by atoms with Crippen molar-refractivity contribution in [2.75, 3.05) is 20.8 Å². The van der Waals surface area contributed by atoms with Crippen LogP contribution in [0.4, 0.5) is 4.79 Å². The van der Waals surface area contributed by atoms with Gasteiger partial charge >= 0.3 is 18.0 Å². The van der Waals surface area contributed by atoms with Crippen molar-refractivity contribution in [2.24, 2.45) is 0 Å². The molecule has 1 fully saturated rings. The minimum absolute atomic E-state index is 0.0334. The van der Waals surface area contributed by atoms with Gasteiger partial charge in [0.2, 0.25) is 0 Å². The summed E-state index contributed by atoms with van der Waals surface area (Å²) in [5, 5.41) is 0. The lowest BCUT2D eigenvalue weighted by Crippen LogP contribution is -2.44. The van der Waals surface area contributed by atoms with Crippen LogP contribution in [0.2, 0.25) is 0 Å². The maximum atomic E-state index is 12.2. The van der Waals surface area contributed by atoms with Gasteiger partial charge in [-0.25, -0.2) is 9.59 Å². The predicted octanol–water partition coefficient (Wildman–Crippen LogP) is 1.48. The lowest BCUT2D eigenvalue weighted by atomic mass is 10.1. The molecule has 0 saturated carbocycles. The molecule has 7 nitrogen and oxygen atoms in total. The summed E-state index contributed by atoms with van der Waals surface area (Å²) in [6.45, 7) is 5.12. The van der Waals surface area contributed by atoms with Crippen LogP contribution in [0.15, 0.2) is 0 Å². The van der Waals surface area contributed by atoms with Gasteiger partial charge in [-0.2, -0.15) is 0 Å². The van der Waals surface area contributed by atoms with Gasteiger partial charge < -0.3 is 14.2 Å². The highest BCUT2D eigenvalue weighted by atomic mass is 79.9. The molecule has 0 bridgehead atoms. The first-order valence-corrected chi connectivity index (χ1v) is 7.18. The van der Waals surface area contributed by atoms with Gasteiger partial charge in [0.05, 0.1) is 20.8 Å². The smallest absolute Gasteiger partial charge is 0.411 e. The molecule has 1 rings (SSSR count). The molecule has 0 aliphatic carbocycles. The third kappa shape index (κ3) is 4.09. The largest absolute Gasteiger partial charge is 0.468 e. The third-order valence-corrected chi connectivity index (χ3v) is 3.86. The Morgan fingerprint density at radius 3 is 2.19 bits per heavy atom. The summed E-state index contributed by atoms with van der Waals surface area (Å²) in [7, 11) is 2.47. The third-order valence-electron chi connectivity index (χ3n) is 2.97. The molecule has 21 heavy (non-hydrogen) atoms. The highest BCUT2D eigenvalue weighted by Crippen LogP contribution is 2.37. The van der Waals surface area contributed by atoms with Gasteiger partial charge in [-0.1, -0.05) is 15.9 Å². The highest BCUT2D eigenvalue weighted by molar-refractivity contribution is 9.10. The molecule has 0 aromatic rings. The van der Waals surface area contributed by atoms with Crippen LogP contribution >= 0.6 is 15.9 Å². The Hall–Kier alpha value is -1.31. The average Bonchev–Trinajstić information content (AvgIpc) is 2.74. The molecular weight excluding hydrogens is 346 g/mol. The topological polar surface area (TPSA) is 82.1 Å². The zero-order valence-corrected chi connectivity index (χ0v) is 14.4. The number of esters is 2. The Morgan fingerprint density at radius 2 is 1.76 bits per heavy atom. The molecule has 1 aliphatic heterocycles. The van der Waals surface area contributed by atoms with E-state index in [9.17, 15) is 14.4 Å². The number of amides is 1. The van der Waals surface area contributed by atoms with Crippen LogP contribution in [0.25, 0.3) is 0 Å². The van der Waals surface area contributed by atoms with Crippen molar-refractivity contribution >= 4 is 34.0 Å². The van der Waals surface area contributed by atoms with Gasteiger partial charge in [0, 0.05) is 6.42 Å². The highest BCUT2D eigenvalue weighted by Gasteiger charge is 2.54. The summed E-state index contributed by atoms with van der Waals surface area (Å²) in [5.41, 5.74) is -0.708. The van der Waals surface area contributed by atoms with Crippen LogP contribution < -0.4 is 0 Å². The first kappa shape index (κ1) is 17.7. The molecule has 1 saturated heterocycles. The quantitative estimate of drug-likeness (QED) is 0.418. The Bertz CT molecular complexity index is 446. The number of rotatable bonds is 2. The number of ether oxygens (including phenoxy) is 3.